The molecule has 5 nitrogen and oxygen atoms in total. The third-order valence-electron chi connectivity index (χ3n) is 3.75. The van der Waals surface area contributed by atoms with E-state index in [1.165, 1.54) is 6.07 Å². The van der Waals surface area contributed by atoms with Crippen molar-refractivity contribution < 1.29 is 26.4 Å². The third kappa shape index (κ3) is 4.68. The number of rotatable bonds is 3. The summed E-state index contributed by atoms with van der Waals surface area (Å²) in [5, 5.41) is 2.44. The lowest BCUT2D eigenvalue weighted by Crippen LogP contribution is -2.32. The molecule has 1 fully saturated rings. The monoisotopic (exact) mass is 350 g/mol. The number of hydrogen-bond donors (Lipinski definition) is 2. The molecule has 0 atom stereocenters. The van der Waals surface area contributed by atoms with Crippen LogP contribution < -0.4 is 11.1 Å². The Balaban J connectivity index is 2.15. The predicted octanol–water partition coefficient (Wildman–Crippen LogP) is 1.93. The summed E-state index contributed by atoms with van der Waals surface area (Å²) in [4.78, 5) is 12.1. The second kappa shape index (κ2) is 6.48. The number of carbonyl (C=O) groups excluding carboxylic acids is 1. The van der Waals surface area contributed by atoms with Crippen molar-refractivity contribution in [3.63, 3.8) is 0 Å². The molecule has 3 N–H and O–H groups in total. The number of halogens is 3. The maximum Gasteiger partial charge on any atom is 0.416 e. The van der Waals surface area contributed by atoms with Crippen LogP contribution in [-0.4, -0.2) is 25.8 Å². The molecule has 0 saturated carbocycles. The summed E-state index contributed by atoms with van der Waals surface area (Å²) in [6, 6.07) is 3.16. The Labute approximate surface area is 132 Å². The van der Waals surface area contributed by atoms with Gasteiger partial charge in [0.2, 0.25) is 5.91 Å². The van der Waals surface area contributed by atoms with Crippen molar-refractivity contribution in [2.75, 3.05) is 16.8 Å². The molecule has 1 amide bonds. The van der Waals surface area contributed by atoms with Crippen LogP contribution in [0.1, 0.15) is 24.0 Å². The van der Waals surface area contributed by atoms with Gasteiger partial charge in [-0.2, -0.15) is 13.2 Å². The lowest BCUT2D eigenvalue weighted by atomic mass is 10.0. The fourth-order valence-corrected chi connectivity index (χ4v) is 3.93. The minimum atomic E-state index is -4.54. The number of hydrogen-bond acceptors (Lipinski definition) is 4. The van der Waals surface area contributed by atoms with Gasteiger partial charge in [0.05, 0.1) is 17.1 Å². The summed E-state index contributed by atoms with van der Waals surface area (Å²) < 4.78 is 61.2. The summed E-state index contributed by atoms with van der Waals surface area (Å²) in [6.07, 6.45) is -4.18. The lowest BCUT2D eigenvalue weighted by molar-refractivity contribution is -0.137. The van der Waals surface area contributed by atoms with Crippen molar-refractivity contribution in [1.82, 2.24) is 0 Å². The van der Waals surface area contributed by atoms with Gasteiger partial charge in [-0.15, -0.1) is 0 Å². The van der Waals surface area contributed by atoms with Crippen LogP contribution in [0.5, 0.6) is 0 Å². The highest BCUT2D eigenvalue weighted by atomic mass is 32.2. The fourth-order valence-electron chi connectivity index (χ4n) is 2.44. The van der Waals surface area contributed by atoms with E-state index >= 15 is 0 Å². The maximum atomic E-state index is 12.8. The molecule has 0 bridgehead atoms. The van der Waals surface area contributed by atoms with Gasteiger partial charge in [-0.25, -0.2) is 8.42 Å². The second-order valence-corrected chi connectivity index (χ2v) is 7.84. The molecular formula is C14H17F3N2O3S. The highest BCUT2D eigenvalue weighted by molar-refractivity contribution is 7.91. The molecule has 1 aromatic carbocycles. The fraction of sp³-hybridized carbons (Fsp3) is 0.500. The van der Waals surface area contributed by atoms with Crippen molar-refractivity contribution in [3.05, 3.63) is 29.3 Å². The molecular weight excluding hydrogens is 333 g/mol. The van der Waals surface area contributed by atoms with Crippen molar-refractivity contribution >= 4 is 21.4 Å². The zero-order chi connectivity index (χ0) is 17.3. The van der Waals surface area contributed by atoms with Crippen LogP contribution in [0.4, 0.5) is 18.9 Å². The van der Waals surface area contributed by atoms with E-state index in [1.807, 2.05) is 0 Å². The summed E-state index contributed by atoms with van der Waals surface area (Å²) in [5.74, 6) is -1.15. The first-order chi connectivity index (χ1) is 10.6. The smallest absolute Gasteiger partial charge is 0.326 e. The van der Waals surface area contributed by atoms with Gasteiger partial charge in [0.25, 0.3) is 0 Å². The Morgan fingerprint density at radius 2 is 1.83 bits per heavy atom. The van der Waals surface area contributed by atoms with E-state index in [0.717, 1.165) is 12.1 Å². The summed E-state index contributed by atoms with van der Waals surface area (Å²) in [5.41, 5.74) is 4.76. The largest absolute Gasteiger partial charge is 0.416 e. The topological polar surface area (TPSA) is 89.3 Å². The quantitative estimate of drug-likeness (QED) is 0.872. The predicted molar refractivity (Wildman–Crippen MR) is 79.3 cm³/mol. The van der Waals surface area contributed by atoms with E-state index in [9.17, 15) is 26.4 Å². The molecule has 2 rings (SSSR count). The highest BCUT2D eigenvalue weighted by Crippen LogP contribution is 2.32. The Bertz CT molecular complexity index is 688. The first-order valence-corrected chi connectivity index (χ1v) is 8.85. The van der Waals surface area contributed by atoms with Crippen LogP contribution in [0.15, 0.2) is 18.2 Å². The first kappa shape index (κ1) is 17.7. The molecule has 0 spiro atoms. The van der Waals surface area contributed by atoms with Crippen LogP contribution in [0.3, 0.4) is 0 Å². The number of benzene rings is 1. The van der Waals surface area contributed by atoms with E-state index in [-0.39, 0.29) is 42.1 Å². The van der Waals surface area contributed by atoms with Gasteiger partial charge in [0.1, 0.15) is 9.84 Å². The molecule has 1 saturated heterocycles. The van der Waals surface area contributed by atoms with Gasteiger partial charge in [-0.3, -0.25) is 4.79 Å². The third-order valence-corrected chi connectivity index (χ3v) is 5.46. The van der Waals surface area contributed by atoms with Gasteiger partial charge < -0.3 is 11.1 Å². The zero-order valence-electron chi connectivity index (χ0n) is 12.2. The molecule has 0 aliphatic carbocycles. The molecule has 0 aromatic heterocycles. The molecule has 128 valence electrons. The number of carbonyl (C=O) groups is 1. The average molecular weight is 350 g/mol. The van der Waals surface area contributed by atoms with Gasteiger partial charge >= 0.3 is 6.18 Å². The molecule has 1 aliphatic rings. The molecule has 0 unspecified atom stereocenters. The van der Waals surface area contributed by atoms with Crippen molar-refractivity contribution in [3.8, 4) is 0 Å². The Hall–Kier alpha value is -1.61. The average Bonchev–Trinajstić information content (AvgIpc) is 2.45. The van der Waals surface area contributed by atoms with E-state index in [0.29, 0.717) is 0 Å². The first-order valence-electron chi connectivity index (χ1n) is 7.03. The highest BCUT2D eigenvalue weighted by Gasteiger charge is 2.32. The standard InChI is InChI=1S/C14H17F3N2O3S/c15-14(16,17)11-5-9(8-18)6-12(7-11)19-13(20)10-1-3-23(21,22)4-2-10/h5-7,10H,1-4,8,18H2,(H,19,20). The van der Waals surface area contributed by atoms with Gasteiger partial charge in [-0.05, 0) is 36.6 Å². The number of anilines is 1. The molecule has 9 heteroatoms. The molecule has 1 heterocycles. The van der Waals surface area contributed by atoms with Crippen molar-refractivity contribution in [2.24, 2.45) is 11.7 Å². The molecule has 0 radical (unpaired) electrons. The normalized spacial score (nSPS) is 18.6. The minimum absolute atomic E-state index is 0.0127. The minimum Gasteiger partial charge on any atom is -0.326 e. The maximum absolute atomic E-state index is 12.8. The molecule has 1 aliphatic heterocycles. The van der Waals surface area contributed by atoms with E-state index in [1.54, 1.807) is 0 Å². The number of amides is 1. The Morgan fingerprint density at radius 3 is 2.35 bits per heavy atom. The zero-order valence-corrected chi connectivity index (χ0v) is 13.0. The SMILES string of the molecule is NCc1cc(NC(=O)C2CCS(=O)(=O)CC2)cc(C(F)(F)F)c1. The van der Waals surface area contributed by atoms with E-state index in [4.69, 9.17) is 5.73 Å². The summed E-state index contributed by atoms with van der Waals surface area (Å²) in [6.45, 7) is -0.0888. The van der Waals surface area contributed by atoms with Crippen molar-refractivity contribution in [2.45, 2.75) is 25.6 Å². The molecule has 1 aromatic rings. The number of nitrogens with two attached hydrogens (primary N) is 1. The number of nitrogens with one attached hydrogen (secondary N) is 1. The summed E-state index contributed by atoms with van der Waals surface area (Å²) in [7, 11) is -3.10. The van der Waals surface area contributed by atoms with Gasteiger partial charge in [-0.1, -0.05) is 0 Å². The Morgan fingerprint density at radius 1 is 1.22 bits per heavy atom. The molecule has 23 heavy (non-hydrogen) atoms. The van der Waals surface area contributed by atoms with Crippen LogP contribution in [-0.2, 0) is 27.4 Å². The number of sulfone groups is 1. The van der Waals surface area contributed by atoms with Gasteiger partial charge in [0, 0.05) is 18.2 Å². The number of alkyl halides is 3. The Kier molecular flexibility index (Phi) is 5.00. The van der Waals surface area contributed by atoms with Gasteiger partial charge in [0.15, 0.2) is 0 Å². The van der Waals surface area contributed by atoms with Crippen LogP contribution in [0.25, 0.3) is 0 Å². The van der Waals surface area contributed by atoms with Crippen LogP contribution in [0.2, 0.25) is 0 Å². The van der Waals surface area contributed by atoms with E-state index in [2.05, 4.69) is 5.32 Å². The van der Waals surface area contributed by atoms with Crippen molar-refractivity contribution in [1.29, 1.82) is 0 Å². The van der Waals surface area contributed by atoms with E-state index < -0.39 is 33.4 Å². The van der Waals surface area contributed by atoms with Crippen LogP contribution >= 0.6 is 0 Å². The summed E-state index contributed by atoms with van der Waals surface area (Å²) >= 11 is 0. The second-order valence-electron chi connectivity index (χ2n) is 5.54. The van der Waals surface area contributed by atoms with Crippen LogP contribution in [0, 0.1) is 5.92 Å². The lowest BCUT2D eigenvalue weighted by Gasteiger charge is -2.21.